The highest BCUT2D eigenvalue weighted by Gasteiger charge is 2.05. The predicted molar refractivity (Wildman–Crippen MR) is 79.2 cm³/mol. The van der Waals surface area contributed by atoms with Gasteiger partial charge in [-0.2, -0.15) is 0 Å². The average molecular weight is 249 g/mol. The van der Waals surface area contributed by atoms with Crippen LogP contribution in [0.3, 0.4) is 0 Å². The maximum absolute atomic E-state index is 4.72. The summed E-state index contributed by atoms with van der Waals surface area (Å²) in [7, 11) is 2.10. The Kier molecular flexibility index (Phi) is 6.73. The molecule has 18 heavy (non-hydrogen) atoms. The Morgan fingerprint density at radius 2 is 1.94 bits per heavy atom. The zero-order chi connectivity index (χ0) is 13.4. The topological polar surface area (TPSA) is 28.2 Å². The molecular formula is C15H27N3. The standard InChI is InChI=1S/C15H27N3/c1-5-8-14-10-13(12-16-9-6-2)11-15(17-14)18(4)7-3/h10-11,16H,5-9,12H2,1-4H3. The van der Waals surface area contributed by atoms with Gasteiger partial charge in [0.15, 0.2) is 0 Å². The molecule has 1 rings (SSSR count). The van der Waals surface area contributed by atoms with E-state index in [4.69, 9.17) is 4.98 Å². The number of nitrogens with one attached hydrogen (secondary N) is 1. The number of hydrogen-bond donors (Lipinski definition) is 1. The second-order valence-electron chi connectivity index (χ2n) is 4.77. The smallest absolute Gasteiger partial charge is 0.128 e. The van der Waals surface area contributed by atoms with Crippen LogP contribution in [0.4, 0.5) is 5.82 Å². The minimum Gasteiger partial charge on any atom is -0.360 e. The summed E-state index contributed by atoms with van der Waals surface area (Å²) in [6.45, 7) is 9.56. The fraction of sp³-hybridized carbons (Fsp3) is 0.667. The lowest BCUT2D eigenvalue weighted by Gasteiger charge is -2.18. The number of hydrogen-bond acceptors (Lipinski definition) is 3. The lowest BCUT2D eigenvalue weighted by molar-refractivity contribution is 0.673. The average Bonchev–Trinajstić information content (AvgIpc) is 2.38. The van der Waals surface area contributed by atoms with E-state index in [0.717, 1.165) is 38.3 Å². The molecule has 0 aliphatic carbocycles. The Balaban J connectivity index is 2.83. The highest BCUT2D eigenvalue weighted by molar-refractivity contribution is 5.42. The van der Waals surface area contributed by atoms with Gasteiger partial charge in [-0.15, -0.1) is 0 Å². The Morgan fingerprint density at radius 3 is 2.56 bits per heavy atom. The van der Waals surface area contributed by atoms with Crippen molar-refractivity contribution in [2.24, 2.45) is 0 Å². The SMILES string of the molecule is CCCNCc1cc(CCC)nc(N(C)CC)c1. The van der Waals surface area contributed by atoms with Gasteiger partial charge in [0.2, 0.25) is 0 Å². The van der Waals surface area contributed by atoms with Crippen molar-refractivity contribution in [3.63, 3.8) is 0 Å². The first-order valence-electron chi connectivity index (χ1n) is 7.12. The first-order chi connectivity index (χ1) is 8.71. The van der Waals surface area contributed by atoms with Gasteiger partial charge >= 0.3 is 0 Å². The van der Waals surface area contributed by atoms with Crippen molar-refractivity contribution in [3.8, 4) is 0 Å². The summed E-state index contributed by atoms with van der Waals surface area (Å²) in [5, 5.41) is 3.46. The van der Waals surface area contributed by atoms with Crippen LogP contribution in [0.5, 0.6) is 0 Å². The maximum atomic E-state index is 4.72. The monoisotopic (exact) mass is 249 g/mol. The Labute approximate surface area is 112 Å². The highest BCUT2D eigenvalue weighted by Crippen LogP contribution is 2.15. The molecule has 0 saturated carbocycles. The van der Waals surface area contributed by atoms with Gasteiger partial charge in [-0.25, -0.2) is 4.98 Å². The molecule has 1 heterocycles. The molecule has 3 heteroatoms. The molecule has 0 unspecified atom stereocenters. The van der Waals surface area contributed by atoms with Crippen molar-refractivity contribution >= 4 is 5.82 Å². The lowest BCUT2D eigenvalue weighted by Crippen LogP contribution is -2.19. The molecule has 0 atom stereocenters. The minimum atomic E-state index is 0.942. The summed E-state index contributed by atoms with van der Waals surface area (Å²) in [5.74, 6) is 1.09. The van der Waals surface area contributed by atoms with E-state index in [1.54, 1.807) is 0 Å². The fourth-order valence-corrected chi connectivity index (χ4v) is 1.89. The molecule has 0 aliphatic heterocycles. The van der Waals surface area contributed by atoms with E-state index >= 15 is 0 Å². The van der Waals surface area contributed by atoms with Crippen LogP contribution >= 0.6 is 0 Å². The summed E-state index contributed by atoms with van der Waals surface area (Å²) < 4.78 is 0. The minimum absolute atomic E-state index is 0.942. The molecule has 102 valence electrons. The van der Waals surface area contributed by atoms with E-state index in [9.17, 15) is 0 Å². The van der Waals surface area contributed by atoms with E-state index in [0.29, 0.717) is 0 Å². The number of anilines is 1. The molecule has 0 aliphatic rings. The maximum Gasteiger partial charge on any atom is 0.128 e. The molecular weight excluding hydrogens is 222 g/mol. The second kappa shape index (κ2) is 8.09. The number of aryl methyl sites for hydroxylation is 1. The van der Waals surface area contributed by atoms with Crippen molar-refractivity contribution in [2.75, 3.05) is 25.0 Å². The summed E-state index contributed by atoms with van der Waals surface area (Å²) >= 11 is 0. The molecule has 1 aromatic heterocycles. The summed E-state index contributed by atoms with van der Waals surface area (Å²) in [6, 6.07) is 4.44. The number of rotatable bonds is 8. The Hall–Kier alpha value is -1.09. The van der Waals surface area contributed by atoms with Crippen molar-refractivity contribution in [1.29, 1.82) is 0 Å². The van der Waals surface area contributed by atoms with Crippen molar-refractivity contribution in [1.82, 2.24) is 10.3 Å². The number of nitrogens with zero attached hydrogens (tertiary/aromatic N) is 2. The zero-order valence-corrected chi connectivity index (χ0v) is 12.3. The van der Waals surface area contributed by atoms with Gasteiger partial charge < -0.3 is 10.2 Å². The van der Waals surface area contributed by atoms with Crippen LogP contribution in [-0.2, 0) is 13.0 Å². The van der Waals surface area contributed by atoms with Crippen LogP contribution < -0.4 is 10.2 Å². The van der Waals surface area contributed by atoms with E-state index in [-0.39, 0.29) is 0 Å². The molecule has 1 N–H and O–H groups in total. The van der Waals surface area contributed by atoms with E-state index in [1.807, 2.05) is 0 Å². The van der Waals surface area contributed by atoms with Crippen LogP contribution in [0.15, 0.2) is 12.1 Å². The van der Waals surface area contributed by atoms with Crippen LogP contribution in [0.2, 0.25) is 0 Å². The van der Waals surface area contributed by atoms with Crippen molar-refractivity contribution in [3.05, 3.63) is 23.4 Å². The van der Waals surface area contributed by atoms with E-state index in [1.165, 1.54) is 17.7 Å². The Bertz CT molecular complexity index is 350. The van der Waals surface area contributed by atoms with Crippen LogP contribution in [-0.4, -0.2) is 25.1 Å². The predicted octanol–water partition coefficient (Wildman–Crippen LogP) is 2.99. The summed E-state index contributed by atoms with van der Waals surface area (Å²) in [5.41, 5.74) is 2.56. The molecule has 0 bridgehead atoms. The fourth-order valence-electron chi connectivity index (χ4n) is 1.89. The Morgan fingerprint density at radius 1 is 1.17 bits per heavy atom. The molecule has 1 aromatic rings. The van der Waals surface area contributed by atoms with E-state index in [2.05, 4.69) is 50.2 Å². The van der Waals surface area contributed by atoms with Gasteiger partial charge in [0.05, 0.1) is 0 Å². The highest BCUT2D eigenvalue weighted by atomic mass is 15.2. The number of aromatic nitrogens is 1. The quantitative estimate of drug-likeness (QED) is 0.718. The molecule has 0 saturated heterocycles. The third kappa shape index (κ3) is 4.65. The molecule has 0 spiro atoms. The second-order valence-corrected chi connectivity index (χ2v) is 4.77. The first kappa shape index (κ1) is 15.0. The third-order valence-electron chi connectivity index (χ3n) is 3.05. The van der Waals surface area contributed by atoms with Gasteiger partial charge in [0, 0.05) is 25.8 Å². The van der Waals surface area contributed by atoms with Gasteiger partial charge in [0.1, 0.15) is 5.82 Å². The number of pyridine rings is 1. The summed E-state index contributed by atoms with van der Waals surface area (Å²) in [4.78, 5) is 6.92. The van der Waals surface area contributed by atoms with Gasteiger partial charge in [-0.05, 0) is 44.0 Å². The zero-order valence-electron chi connectivity index (χ0n) is 12.3. The van der Waals surface area contributed by atoms with Crippen molar-refractivity contribution < 1.29 is 0 Å². The van der Waals surface area contributed by atoms with E-state index < -0.39 is 0 Å². The first-order valence-corrected chi connectivity index (χ1v) is 7.12. The normalized spacial score (nSPS) is 10.7. The van der Waals surface area contributed by atoms with Crippen LogP contribution in [0, 0.1) is 0 Å². The van der Waals surface area contributed by atoms with Crippen molar-refractivity contribution in [2.45, 2.75) is 46.6 Å². The summed E-state index contributed by atoms with van der Waals surface area (Å²) in [6.07, 6.45) is 3.38. The largest absolute Gasteiger partial charge is 0.360 e. The lowest BCUT2D eigenvalue weighted by atomic mass is 10.1. The van der Waals surface area contributed by atoms with Gasteiger partial charge in [0.25, 0.3) is 0 Å². The van der Waals surface area contributed by atoms with Gasteiger partial charge in [-0.3, -0.25) is 0 Å². The molecule has 0 fully saturated rings. The molecule has 0 amide bonds. The molecule has 3 nitrogen and oxygen atoms in total. The third-order valence-corrected chi connectivity index (χ3v) is 3.05. The van der Waals surface area contributed by atoms with Crippen LogP contribution in [0.25, 0.3) is 0 Å². The van der Waals surface area contributed by atoms with Crippen LogP contribution in [0.1, 0.15) is 44.9 Å². The molecule has 0 radical (unpaired) electrons. The molecule has 0 aromatic carbocycles. The van der Waals surface area contributed by atoms with Gasteiger partial charge in [-0.1, -0.05) is 20.3 Å².